The van der Waals surface area contributed by atoms with Crippen LogP contribution in [0.1, 0.15) is 43.6 Å². The molecule has 0 rings (SSSR count). The molecule has 0 aliphatic carbocycles. The van der Waals surface area contributed by atoms with Gasteiger partial charge in [-0.25, -0.2) is 0 Å². The quantitative estimate of drug-likeness (QED) is 0.483. The Labute approximate surface area is 94.6 Å². The molecule has 1 atom stereocenters. The summed E-state index contributed by atoms with van der Waals surface area (Å²) in [5.41, 5.74) is -1.15. The van der Waals surface area contributed by atoms with Crippen LogP contribution >= 0.6 is 0 Å². The molecule has 1 unspecified atom stereocenters. The summed E-state index contributed by atoms with van der Waals surface area (Å²) < 4.78 is 29.2. The van der Waals surface area contributed by atoms with Gasteiger partial charge in [-0.05, 0) is 32.9 Å². The van der Waals surface area contributed by atoms with Crippen molar-refractivity contribution in [3.63, 3.8) is 0 Å². The molecule has 0 N–H and O–H groups in total. The Morgan fingerprint density at radius 1 is 1.50 bits per heavy atom. The maximum Gasteiger partial charge on any atom is 0.184 e. The van der Waals surface area contributed by atoms with Gasteiger partial charge >= 0.3 is 0 Å². The molecule has 0 aromatic rings. The maximum atomic E-state index is 7.73. The van der Waals surface area contributed by atoms with Crippen molar-refractivity contribution in [2.24, 2.45) is 0 Å². The lowest BCUT2D eigenvalue weighted by Crippen LogP contribution is -2.40. The van der Waals surface area contributed by atoms with Crippen molar-refractivity contribution >= 4 is 8.32 Å². The highest BCUT2D eigenvalue weighted by Crippen LogP contribution is 2.26. The normalized spacial score (nSPS) is 20.1. The van der Waals surface area contributed by atoms with E-state index in [1.54, 1.807) is 0 Å². The van der Waals surface area contributed by atoms with Crippen LogP contribution in [0, 0.1) is 12.3 Å². The fourth-order valence-corrected chi connectivity index (χ4v) is 2.74. The maximum absolute atomic E-state index is 7.73. The highest BCUT2D eigenvalue weighted by atomic mass is 28.4. The van der Waals surface area contributed by atoms with Crippen LogP contribution in [-0.4, -0.2) is 13.9 Å². The van der Waals surface area contributed by atoms with Crippen LogP contribution in [0.25, 0.3) is 0 Å². The molecule has 82 valence electrons. The molecule has 14 heavy (non-hydrogen) atoms. The van der Waals surface area contributed by atoms with Crippen LogP contribution in [0.3, 0.4) is 0 Å². The third-order valence-electron chi connectivity index (χ3n) is 1.82. The number of terminal acetylenes is 1. The predicted octanol–water partition coefficient (Wildman–Crippen LogP) is 3.81. The Morgan fingerprint density at radius 3 is 2.50 bits per heavy atom. The lowest BCUT2D eigenvalue weighted by atomic mass is 9.96. The van der Waals surface area contributed by atoms with Gasteiger partial charge in [0.25, 0.3) is 0 Å². The first-order valence-corrected chi connectivity index (χ1v) is 8.62. The van der Waals surface area contributed by atoms with Crippen molar-refractivity contribution in [3.8, 4) is 12.3 Å². The second-order valence-electron chi connectivity index (χ2n) is 4.69. The molecule has 0 amide bonds. The van der Waals surface area contributed by atoms with Gasteiger partial charge in [-0.15, -0.1) is 12.3 Å². The molecular weight excluding hydrogens is 188 g/mol. The zero-order chi connectivity index (χ0) is 13.7. The third kappa shape index (κ3) is 6.23. The van der Waals surface area contributed by atoms with Gasteiger partial charge in [0.15, 0.2) is 8.32 Å². The summed E-state index contributed by atoms with van der Waals surface area (Å²) in [6.07, 6.45) is 7.77. The van der Waals surface area contributed by atoms with E-state index in [-0.39, 0.29) is 6.42 Å². The van der Waals surface area contributed by atoms with Gasteiger partial charge in [0.05, 0.1) is 5.60 Å². The highest BCUT2D eigenvalue weighted by Gasteiger charge is 2.30. The molecule has 0 spiro atoms. The van der Waals surface area contributed by atoms with E-state index >= 15 is 0 Å². The summed E-state index contributed by atoms with van der Waals surface area (Å²) in [5.74, 6) is 2.48. The van der Waals surface area contributed by atoms with Crippen LogP contribution < -0.4 is 0 Å². The minimum Gasteiger partial charge on any atom is -0.411 e. The predicted molar refractivity (Wildman–Crippen MR) is 65.8 cm³/mol. The van der Waals surface area contributed by atoms with Gasteiger partial charge in [0, 0.05) is 10.5 Å². The van der Waals surface area contributed by atoms with E-state index in [2.05, 4.69) is 5.92 Å². The van der Waals surface area contributed by atoms with Crippen LogP contribution in [0.15, 0.2) is 0 Å². The molecule has 0 aromatic carbocycles. The Balaban J connectivity index is 5.19. The lowest BCUT2D eigenvalue weighted by Gasteiger charge is -2.35. The Kier molecular flexibility index (Phi) is 3.58. The number of hydrogen-bond acceptors (Lipinski definition) is 1. The molecule has 0 aliphatic rings. The first-order valence-electron chi connectivity index (χ1n) is 6.71. The monoisotopic (exact) mass is 215 g/mol. The largest absolute Gasteiger partial charge is 0.411 e. The average molecular weight is 215 g/mol. The van der Waals surface area contributed by atoms with Crippen LogP contribution in [0.5, 0.6) is 0 Å². The SMILES string of the molecule is [2H]C([2H])([2H])C(CC#C)(CCCC)O[Si](C)(C)C. The number of unbranched alkanes of at least 4 members (excludes halogenated alkanes) is 1. The van der Waals surface area contributed by atoms with E-state index in [4.69, 9.17) is 15.0 Å². The molecule has 1 nitrogen and oxygen atoms in total. The van der Waals surface area contributed by atoms with E-state index in [0.29, 0.717) is 6.42 Å². The molecular formula is C12H24OSi. The summed E-state index contributed by atoms with van der Waals surface area (Å²) >= 11 is 0. The standard InChI is InChI=1S/C12H24OSi/c1-7-9-11-12(3,10-8-2)13-14(4,5)6/h2H,7,9-11H2,1,3-6H3/i3D3. The molecule has 0 radical (unpaired) electrons. The zero-order valence-electron chi connectivity index (χ0n) is 12.8. The molecule has 0 saturated heterocycles. The molecule has 2 heteroatoms. The van der Waals surface area contributed by atoms with E-state index in [1.807, 2.05) is 26.6 Å². The first kappa shape index (κ1) is 9.00. The molecule has 0 aromatic heterocycles. The number of hydrogen-bond donors (Lipinski definition) is 0. The summed E-state index contributed by atoms with van der Waals surface area (Å²) in [4.78, 5) is 0. The second kappa shape index (κ2) is 5.58. The van der Waals surface area contributed by atoms with Crippen LogP contribution in [-0.2, 0) is 4.43 Å². The van der Waals surface area contributed by atoms with E-state index in [1.165, 1.54) is 0 Å². The van der Waals surface area contributed by atoms with Gasteiger partial charge < -0.3 is 4.43 Å². The Bertz CT molecular complexity index is 275. The third-order valence-corrected chi connectivity index (χ3v) is 2.83. The molecule has 0 fully saturated rings. The van der Waals surface area contributed by atoms with Crippen LogP contribution in [0.2, 0.25) is 19.6 Å². The molecule has 0 heterocycles. The van der Waals surface area contributed by atoms with Gasteiger partial charge in [0.1, 0.15) is 0 Å². The zero-order valence-corrected chi connectivity index (χ0v) is 10.8. The van der Waals surface area contributed by atoms with Crippen molar-refractivity contribution in [3.05, 3.63) is 0 Å². The molecule has 0 saturated carbocycles. The van der Waals surface area contributed by atoms with E-state index in [9.17, 15) is 0 Å². The summed E-state index contributed by atoms with van der Waals surface area (Å²) in [7, 11) is -1.95. The molecule has 0 bridgehead atoms. The average Bonchev–Trinajstić information content (AvgIpc) is 2.10. The Morgan fingerprint density at radius 2 is 2.14 bits per heavy atom. The van der Waals surface area contributed by atoms with Crippen molar-refractivity contribution in [1.29, 1.82) is 0 Å². The van der Waals surface area contributed by atoms with Crippen molar-refractivity contribution in [2.45, 2.75) is 64.7 Å². The minimum atomic E-state index is -2.16. The first-order chi connectivity index (χ1) is 7.58. The fourth-order valence-electron chi connectivity index (χ4n) is 1.39. The van der Waals surface area contributed by atoms with Crippen molar-refractivity contribution < 1.29 is 8.54 Å². The van der Waals surface area contributed by atoms with Gasteiger partial charge in [-0.3, -0.25) is 0 Å². The summed E-state index contributed by atoms with van der Waals surface area (Å²) in [6.45, 7) is 5.87. The number of rotatable bonds is 6. The summed E-state index contributed by atoms with van der Waals surface area (Å²) in [6, 6.07) is 0. The van der Waals surface area contributed by atoms with Gasteiger partial charge in [0.2, 0.25) is 0 Å². The topological polar surface area (TPSA) is 9.23 Å². The van der Waals surface area contributed by atoms with E-state index in [0.717, 1.165) is 12.8 Å². The van der Waals surface area contributed by atoms with Crippen LogP contribution in [0.4, 0.5) is 0 Å². The molecule has 0 aliphatic heterocycles. The van der Waals surface area contributed by atoms with Gasteiger partial charge in [-0.1, -0.05) is 19.8 Å². The lowest BCUT2D eigenvalue weighted by molar-refractivity contribution is 0.0739. The van der Waals surface area contributed by atoms with E-state index < -0.39 is 20.8 Å². The fraction of sp³-hybridized carbons (Fsp3) is 0.833. The highest BCUT2D eigenvalue weighted by molar-refractivity contribution is 6.69. The Hall–Kier alpha value is -0.263. The minimum absolute atomic E-state index is 0.160. The smallest absolute Gasteiger partial charge is 0.184 e. The summed E-state index contributed by atoms with van der Waals surface area (Å²) in [5, 5.41) is 0. The second-order valence-corrected chi connectivity index (χ2v) is 9.12. The van der Waals surface area contributed by atoms with Gasteiger partial charge in [-0.2, -0.15) is 0 Å². The van der Waals surface area contributed by atoms with Crippen molar-refractivity contribution in [1.82, 2.24) is 0 Å². The van der Waals surface area contributed by atoms with Crippen molar-refractivity contribution in [2.75, 3.05) is 0 Å².